The van der Waals surface area contributed by atoms with Crippen molar-refractivity contribution in [1.29, 1.82) is 0 Å². The van der Waals surface area contributed by atoms with Gasteiger partial charge < -0.3 is 9.32 Å². The van der Waals surface area contributed by atoms with Gasteiger partial charge in [-0.25, -0.2) is 13.1 Å². The van der Waals surface area contributed by atoms with Crippen molar-refractivity contribution in [2.24, 2.45) is 0 Å². The van der Waals surface area contributed by atoms with Crippen LogP contribution in [0.5, 0.6) is 0 Å². The molecule has 140 valence electrons. The van der Waals surface area contributed by atoms with Gasteiger partial charge in [0.15, 0.2) is 5.76 Å². The van der Waals surface area contributed by atoms with Crippen LogP contribution in [0.2, 0.25) is 0 Å². The lowest BCUT2D eigenvalue weighted by Gasteiger charge is -2.33. The predicted molar refractivity (Wildman–Crippen MR) is 92.5 cm³/mol. The molecule has 1 amide bonds. The number of carbonyl (C=O) groups is 1. The first-order valence-electron chi connectivity index (χ1n) is 8.22. The van der Waals surface area contributed by atoms with Crippen molar-refractivity contribution in [2.45, 2.75) is 4.90 Å². The summed E-state index contributed by atoms with van der Waals surface area (Å²) in [6, 6.07) is 9.65. The molecule has 10 nitrogen and oxygen atoms in total. The predicted octanol–water partition coefficient (Wildman–Crippen LogP) is 0.402. The molecule has 11 heteroatoms. The second kappa shape index (κ2) is 6.93. The molecule has 3 aromatic rings. The molecule has 1 aliphatic heterocycles. The van der Waals surface area contributed by atoms with Gasteiger partial charge in [0.1, 0.15) is 6.33 Å². The molecule has 2 aromatic heterocycles. The van der Waals surface area contributed by atoms with E-state index in [1.807, 2.05) is 0 Å². The van der Waals surface area contributed by atoms with Crippen LogP contribution in [0.25, 0.3) is 5.69 Å². The second-order valence-electron chi connectivity index (χ2n) is 5.93. The Morgan fingerprint density at radius 1 is 1.07 bits per heavy atom. The number of piperazine rings is 1. The van der Waals surface area contributed by atoms with E-state index < -0.39 is 10.0 Å². The number of rotatable bonds is 4. The Kier molecular flexibility index (Phi) is 4.46. The van der Waals surface area contributed by atoms with Crippen molar-refractivity contribution in [1.82, 2.24) is 29.4 Å². The molecule has 0 unspecified atom stereocenters. The summed E-state index contributed by atoms with van der Waals surface area (Å²) in [5.41, 5.74) is 0.549. The maximum atomic E-state index is 13.0. The number of benzene rings is 1. The summed E-state index contributed by atoms with van der Waals surface area (Å²) in [4.78, 5) is 14.0. The van der Waals surface area contributed by atoms with Crippen molar-refractivity contribution in [2.75, 3.05) is 26.2 Å². The van der Waals surface area contributed by atoms with Crippen molar-refractivity contribution in [3.8, 4) is 5.69 Å². The molecule has 0 bridgehead atoms. The summed E-state index contributed by atoms with van der Waals surface area (Å²) >= 11 is 0. The average molecular weight is 388 g/mol. The SMILES string of the molecule is O=C(c1ccco1)N1CCN(S(=O)(=O)c2cccc(-n3cnnn3)c2)CC1. The molecule has 27 heavy (non-hydrogen) atoms. The van der Waals surface area contributed by atoms with Gasteiger partial charge in [0, 0.05) is 26.2 Å². The fraction of sp³-hybridized carbons (Fsp3) is 0.250. The fourth-order valence-electron chi connectivity index (χ4n) is 2.90. The number of carbonyl (C=O) groups excluding carboxylic acids is 1. The lowest BCUT2D eigenvalue weighted by molar-refractivity contribution is 0.0666. The molecule has 0 aliphatic carbocycles. The summed E-state index contributed by atoms with van der Waals surface area (Å²) in [6.07, 6.45) is 2.83. The van der Waals surface area contributed by atoms with Gasteiger partial charge in [0.05, 0.1) is 16.8 Å². The molecule has 1 aliphatic rings. The van der Waals surface area contributed by atoms with Gasteiger partial charge in [0.25, 0.3) is 5.91 Å². The number of tetrazole rings is 1. The summed E-state index contributed by atoms with van der Waals surface area (Å²) < 4.78 is 33.8. The number of aromatic nitrogens is 4. The Morgan fingerprint density at radius 2 is 1.89 bits per heavy atom. The van der Waals surface area contributed by atoms with E-state index in [9.17, 15) is 13.2 Å². The van der Waals surface area contributed by atoms with Crippen LogP contribution in [0, 0.1) is 0 Å². The van der Waals surface area contributed by atoms with Crippen LogP contribution in [-0.4, -0.2) is 69.9 Å². The van der Waals surface area contributed by atoms with E-state index in [-0.39, 0.29) is 29.7 Å². The summed E-state index contributed by atoms with van der Waals surface area (Å²) in [6.45, 7) is 1.02. The summed E-state index contributed by atoms with van der Waals surface area (Å²) in [5, 5.41) is 10.9. The van der Waals surface area contributed by atoms with Crippen molar-refractivity contribution < 1.29 is 17.6 Å². The molecule has 0 radical (unpaired) electrons. The zero-order valence-corrected chi connectivity index (χ0v) is 15.0. The van der Waals surface area contributed by atoms with Crippen LogP contribution in [-0.2, 0) is 10.0 Å². The number of nitrogens with zero attached hydrogens (tertiary/aromatic N) is 6. The first-order chi connectivity index (χ1) is 13.1. The summed E-state index contributed by atoms with van der Waals surface area (Å²) in [5.74, 6) is 0.0122. The highest BCUT2D eigenvalue weighted by molar-refractivity contribution is 7.89. The molecule has 0 saturated carbocycles. The number of hydrogen-bond donors (Lipinski definition) is 0. The van der Waals surface area contributed by atoms with Crippen LogP contribution in [0.4, 0.5) is 0 Å². The third-order valence-electron chi connectivity index (χ3n) is 4.33. The molecule has 4 rings (SSSR count). The zero-order valence-electron chi connectivity index (χ0n) is 14.2. The van der Waals surface area contributed by atoms with E-state index in [1.54, 1.807) is 29.2 Å². The van der Waals surface area contributed by atoms with Crippen molar-refractivity contribution in [3.63, 3.8) is 0 Å². The maximum absolute atomic E-state index is 13.0. The van der Waals surface area contributed by atoms with E-state index >= 15 is 0 Å². The Balaban J connectivity index is 1.49. The van der Waals surface area contributed by atoms with E-state index in [0.29, 0.717) is 18.8 Å². The molecule has 0 spiro atoms. The Bertz CT molecular complexity index is 1020. The van der Waals surface area contributed by atoms with Crippen molar-refractivity contribution in [3.05, 3.63) is 54.7 Å². The van der Waals surface area contributed by atoms with Gasteiger partial charge in [-0.3, -0.25) is 4.79 Å². The van der Waals surface area contributed by atoms with E-state index in [1.165, 1.54) is 33.7 Å². The van der Waals surface area contributed by atoms with Crippen LogP contribution >= 0.6 is 0 Å². The monoisotopic (exact) mass is 388 g/mol. The third-order valence-corrected chi connectivity index (χ3v) is 6.22. The molecule has 0 N–H and O–H groups in total. The lowest BCUT2D eigenvalue weighted by atomic mass is 10.3. The highest BCUT2D eigenvalue weighted by atomic mass is 32.2. The topological polar surface area (TPSA) is 114 Å². The smallest absolute Gasteiger partial charge is 0.289 e. The van der Waals surface area contributed by atoms with Gasteiger partial charge in [-0.05, 0) is 40.8 Å². The lowest BCUT2D eigenvalue weighted by Crippen LogP contribution is -2.50. The van der Waals surface area contributed by atoms with Crippen LogP contribution < -0.4 is 0 Å². The zero-order chi connectivity index (χ0) is 18.9. The van der Waals surface area contributed by atoms with Gasteiger partial charge >= 0.3 is 0 Å². The quantitative estimate of drug-likeness (QED) is 0.635. The molecule has 0 atom stereocenters. The van der Waals surface area contributed by atoms with Gasteiger partial charge in [0.2, 0.25) is 10.0 Å². The standard InChI is InChI=1S/C16H16N6O4S/c23-16(15-5-2-10-26-15)20-6-8-21(9-7-20)27(24,25)14-4-1-3-13(11-14)22-12-17-18-19-22/h1-5,10-12H,6-9H2. The average Bonchev–Trinajstić information content (AvgIpc) is 3.41. The van der Waals surface area contributed by atoms with Crippen LogP contribution in [0.15, 0.2) is 58.3 Å². The first-order valence-corrected chi connectivity index (χ1v) is 9.66. The normalized spacial score (nSPS) is 15.8. The van der Waals surface area contributed by atoms with Gasteiger partial charge in [-0.2, -0.15) is 4.31 Å². The summed E-state index contributed by atoms with van der Waals surface area (Å²) in [7, 11) is -3.69. The Morgan fingerprint density at radius 3 is 2.56 bits per heavy atom. The molecule has 1 aromatic carbocycles. The Labute approximate surface area is 155 Å². The number of furan rings is 1. The number of hydrogen-bond acceptors (Lipinski definition) is 7. The minimum absolute atomic E-state index is 0.154. The molecule has 1 fully saturated rings. The van der Waals surface area contributed by atoms with E-state index in [4.69, 9.17) is 4.42 Å². The van der Waals surface area contributed by atoms with E-state index in [0.717, 1.165) is 0 Å². The molecule has 1 saturated heterocycles. The minimum atomic E-state index is -3.69. The maximum Gasteiger partial charge on any atom is 0.289 e. The highest BCUT2D eigenvalue weighted by Gasteiger charge is 2.31. The largest absolute Gasteiger partial charge is 0.459 e. The first kappa shape index (κ1) is 17.4. The van der Waals surface area contributed by atoms with Gasteiger partial charge in [-0.15, -0.1) is 5.10 Å². The molecular weight excluding hydrogens is 372 g/mol. The highest BCUT2D eigenvalue weighted by Crippen LogP contribution is 2.20. The minimum Gasteiger partial charge on any atom is -0.459 e. The van der Waals surface area contributed by atoms with E-state index in [2.05, 4.69) is 15.5 Å². The third kappa shape index (κ3) is 3.34. The Hall–Kier alpha value is -3.05. The molecular formula is C16H16N6O4S. The molecule has 3 heterocycles. The van der Waals surface area contributed by atoms with Crippen LogP contribution in [0.3, 0.4) is 0 Å². The fourth-order valence-corrected chi connectivity index (χ4v) is 4.37. The van der Waals surface area contributed by atoms with Crippen LogP contribution in [0.1, 0.15) is 10.6 Å². The van der Waals surface area contributed by atoms with Crippen molar-refractivity contribution >= 4 is 15.9 Å². The number of amides is 1. The van der Waals surface area contributed by atoms with Gasteiger partial charge in [-0.1, -0.05) is 6.07 Å². The second-order valence-corrected chi connectivity index (χ2v) is 7.86. The number of sulfonamides is 1.